The SMILES string of the molecule is COC(=O)Cc1cc(=O)[nH]c2cc(F)cc(F)c12. The molecule has 0 aliphatic rings. The summed E-state index contributed by atoms with van der Waals surface area (Å²) in [4.78, 5) is 24.8. The summed E-state index contributed by atoms with van der Waals surface area (Å²) in [7, 11) is 1.19. The number of carbonyl (C=O) groups is 1. The lowest BCUT2D eigenvalue weighted by Crippen LogP contribution is -2.12. The van der Waals surface area contributed by atoms with Crippen LogP contribution in [0.5, 0.6) is 0 Å². The Morgan fingerprint density at radius 1 is 1.33 bits per heavy atom. The largest absolute Gasteiger partial charge is 0.469 e. The number of rotatable bonds is 2. The lowest BCUT2D eigenvalue weighted by Gasteiger charge is -2.06. The maximum atomic E-state index is 13.7. The van der Waals surface area contributed by atoms with Gasteiger partial charge in [0.15, 0.2) is 0 Å². The van der Waals surface area contributed by atoms with Crippen molar-refractivity contribution in [3.63, 3.8) is 0 Å². The van der Waals surface area contributed by atoms with Crippen LogP contribution in [0.1, 0.15) is 5.56 Å². The highest BCUT2D eigenvalue weighted by Gasteiger charge is 2.13. The molecule has 1 heterocycles. The molecule has 6 heteroatoms. The molecule has 4 nitrogen and oxygen atoms in total. The highest BCUT2D eigenvalue weighted by molar-refractivity contribution is 5.86. The molecule has 18 heavy (non-hydrogen) atoms. The fourth-order valence-electron chi connectivity index (χ4n) is 1.76. The molecule has 0 aliphatic heterocycles. The van der Waals surface area contributed by atoms with E-state index >= 15 is 0 Å². The molecule has 0 amide bonds. The molecule has 0 spiro atoms. The van der Waals surface area contributed by atoms with Crippen LogP contribution in [0.15, 0.2) is 23.0 Å². The van der Waals surface area contributed by atoms with Crippen LogP contribution >= 0.6 is 0 Å². The zero-order valence-electron chi connectivity index (χ0n) is 9.42. The number of benzene rings is 1. The van der Waals surface area contributed by atoms with Crippen molar-refractivity contribution in [2.45, 2.75) is 6.42 Å². The second kappa shape index (κ2) is 4.56. The van der Waals surface area contributed by atoms with Crippen LogP contribution in [0.25, 0.3) is 10.9 Å². The number of H-pyrrole nitrogens is 1. The molecular formula is C12H9F2NO3. The molecule has 1 aromatic carbocycles. The van der Waals surface area contributed by atoms with Crippen LogP contribution in [0.4, 0.5) is 8.78 Å². The van der Waals surface area contributed by atoms with E-state index in [1.807, 2.05) is 0 Å². The predicted molar refractivity (Wildman–Crippen MR) is 60.2 cm³/mol. The monoisotopic (exact) mass is 253 g/mol. The van der Waals surface area contributed by atoms with E-state index in [9.17, 15) is 18.4 Å². The van der Waals surface area contributed by atoms with Crippen LogP contribution in [0, 0.1) is 11.6 Å². The summed E-state index contributed by atoms with van der Waals surface area (Å²) in [6.07, 6.45) is -0.251. The second-order valence-corrected chi connectivity index (χ2v) is 3.72. The number of ether oxygens (including phenoxy) is 1. The molecule has 2 rings (SSSR count). The van der Waals surface area contributed by atoms with Gasteiger partial charge in [0.05, 0.1) is 19.0 Å². The quantitative estimate of drug-likeness (QED) is 0.825. The third kappa shape index (κ3) is 2.22. The summed E-state index contributed by atoms with van der Waals surface area (Å²) < 4.78 is 31.2. The summed E-state index contributed by atoms with van der Waals surface area (Å²) >= 11 is 0. The number of halogens is 2. The standard InChI is InChI=1S/C12H9F2NO3/c1-18-11(17)3-6-2-10(16)15-9-5-7(13)4-8(14)12(6)9/h2,4-5H,3H2,1H3,(H,15,16). The Labute approximate surface area is 100 Å². The van der Waals surface area contributed by atoms with Crippen molar-refractivity contribution in [2.75, 3.05) is 7.11 Å². The first-order valence-corrected chi connectivity index (χ1v) is 5.09. The van der Waals surface area contributed by atoms with Gasteiger partial charge in [-0.3, -0.25) is 9.59 Å². The average molecular weight is 253 g/mol. The van der Waals surface area contributed by atoms with Gasteiger partial charge in [-0.25, -0.2) is 8.78 Å². The van der Waals surface area contributed by atoms with Gasteiger partial charge in [-0.05, 0) is 11.6 Å². The highest BCUT2D eigenvalue weighted by Crippen LogP contribution is 2.21. The lowest BCUT2D eigenvalue weighted by atomic mass is 10.1. The van der Waals surface area contributed by atoms with Crippen molar-refractivity contribution in [3.05, 3.63) is 45.8 Å². The van der Waals surface area contributed by atoms with E-state index in [0.717, 1.165) is 12.1 Å². The second-order valence-electron chi connectivity index (χ2n) is 3.72. The minimum atomic E-state index is -0.833. The van der Waals surface area contributed by atoms with Crippen molar-refractivity contribution in [1.82, 2.24) is 4.98 Å². The van der Waals surface area contributed by atoms with Crippen molar-refractivity contribution in [2.24, 2.45) is 0 Å². The number of aromatic nitrogens is 1. The molecule has 0 unspecified atom stereocenters. The first kappa shape index (κ1) is 12.2. The number of hydrogen-bond acceptors (Lipinski definition) is 3. The number of carbonyl (C=O) groups excluding carboxylic acids is 1. The van der Waals surface area contributed by atoms with E-state index in [-0.39, 0.29) is 22.9 Å². The molecular weight excluding hydrogens is 244 g/mol. The number of pyridine rings is 1. The van der Waals surface area contributed by atoms with Crippen molar-refractivity contribution >= 4 is 16.9 Å². The Kier molecular flexibility index (Phi) is 3.10. The Morgan fingerprint density at radius 2 is 2.06 bits per heavy atom. The first-order chi connectivity index (χ1) is 8.51. The van der Waals surface area contributed by atoms with E-state index in [1.165, 1.54) is 7.11 Å². The Morgan fingerprint density at radius 3 is 2.72 bits per heavy atom. The Hall–Kier alpha value is -2.24. The summed E-state index contributed by atoms with van der Waals surface area (Å²) in [6.45, 7) is 0. The number of nitrogens with one attached hydrogen (secondary N) is 1. The van der Waals surface area contributed by atoms with Gasteiger partial charge in [0, 0.05) is 17.5 Å². The van der Waals surface area contributed by atoms with E-state index in [1.54, 1.807) is 0 Å². The van der Waals surface area contributed by atoms with E-state index in [2.05, 4.69) is 9.72 Å². The molecule has 0 saturated heterocycles. The first-order valence-electron chi connectivity index (χ1n) is 5.09. The summed E-state index contributed by atoms with van der Waals surface area (Å²) in [6, 6.07) is 2.79. The number of aromatic amines is 1. The zero-order chi connectivity index (χ0) is 13.3. The minimum absolute atomic E-state index is 0.0129. The van der Waals surface area contributed by atoms with Crippen LogP contribution < -0.4 is 5.56 Å². The Bertz CT molecular complexity index is 679. The third-order valence-electron chi connectivity index (χ3n) is 2.50. The molecule has 2 aromatic rings. The van der Waals surface area contributed by atoms with Gasteiger partial charge in [0.2, 0.25) is 5.56 Å². The lowest BCUT2D eigenvalue weighted by molar-refractivity contribution is -0.139. The van der Waals surface area contributed by atoms with Gasteiger partial charge in [-0.2, -0.15) is 0 Å². The molecule has 0 bridgehead atoms. The summed E-state index contributed by atoms with van der Waals surface area (Å²) in [5.74, 6) is -2.24. The maximum Gasteiger partial charge on any atom is 0.310 e. The van der Waals surface area contributed by atoms with Gasteiger partial charge in [0.1, 0.15) is 11.6 Å². The van der Waals surface area contributed by atoms with Gasteiger partial charge in [-0.1, -0.05) is 0 Å². The predicted octanol–water partition coefficient (Wildman–Crippen LogP) is 1.52. The van der Waals surface area contributed by atoms with Crippen molar-refractivity contribution < 1.29 is 18.3 Å². The van der Waals surface area contributed by atoms with Crippen LogP contribution in [0.2, 0.25) is 0 Å². The van der Waals surface area contributed by atoms with Crippen LogP contribution in [-0.4, -0.2) is 18.1 Å². The summed E-state index contributed by atoms with van der Waals surface area (Å²) in [5, 5.41) is 0.0152. The molecule has 1 aromatic heterocycles. The van der Waals surface area contributed by atoms with Gasteiger partial charge in [0.25, 0.3) is 0 Å². The highest BCUT2D eigenvalue weighted by atomic mass is 19.1. The average Bonchev–Trinajstić information content (AvgIpc) is 2.26. The smallest absolute Gasteiger partial charge is 0.310 e. The molecule has 1 N–H and O–H groups in total. The molecule has 0 radical (unpaired) electrons. The fraction of sp³-hybridized carbons (Fsp3) is 0.167. The number of esters is 1. The maximum absolute atomic E-state index is 13.7. The van der Waals surface area contributed by atoms with Gasteiger partial charge < -0.3 is 9.72 Å². The summed E-state index contributed by atoms with van der Waals surface area (Å²) in [5.41, 5.74) is -0.358. The van der Waals surface area contributed by atoms with Crippen molar-refractivity contribution in [3.8, 4) is 0 Å². The van der Waals surface area contributed by atoms with Crippen LogP contribution in [-0.2, 0) is 16.0 Å². The number of hydrogen-bond donors (Lipinski definition) is 1. The molecule has 0 atom stereocenters. The normalized spacial score (nSPS) is 10.6. The topological polar surface area (TPSA) is 59.2 Å². The molecule has 0 aliphatic carbocycles. The van der Waals surface area contributed by atoms with Gasteiger partial charge >= 0.3 is 5.97 Å². The fourth-order valence-corrected chi connectivity index (χ4v) is 1.76. The molecule has 0 fully saturated rings. The molecule has 0 saturated carbocycles. The van der Waals surface area contributed by atoms with E-state index < -0.39 is 23.2 Å². The van der Waals surface area contributed by atoms with E-state index in [0.29, 0.717) is 6.07 Å². The van der Waals surface area contributed by atoms with Crippen LogP contribution in [0.3, 0.4) is 0 Å². The van der Waals surface area contributed by atoms with E-state index in [4.69, 9.17) is 0 Å². The number of methoxy groups -OCH3 is 1. The van der Waals surface area contributed by atoms with Crippen molar-refractivity contribution in [1.29, 1.82) is 0 Å². The van der Waals surface area contributed by atoms with Gasteiger partial charge in [-0.15, -0.1) is 0 Å². The number of fused-ring (bicyclic) bond motifs is 1. The Balaban J connectivity index is 2.72. The zero-order valence-corrected chi connectivity index (χ0v) is 9.42. The minimum Gasteiger partial charge on any atom is -0.469 e. The molecule has 94 valence electrons. The third-order valence-corrected chi connectivity index (χ3v) is 2.50.